The van der Waals surface area contributed by atoms with Crippen LogP contribution in [0.5, 0.6) is 0 Å². The number of piperidine rings is 1. The number of rotatable bonds is 8. The molecule has 1 aromatic carbocycles. The second-order valence-corrected chi connectivity index (χ2v) is 9.67. The average Bonchev–Trinajstić information content (AvgIpc) is 3.50. The van der Waals surface area contributed by atoms with Crippen LogP contribution in [0.3, 0.4) is 0 Å². The number of Topliss-reactive ketones (excluding diaryl/α,β-unsaturated/α-hetero) is 1. The number of aliphatic carboxylic acids is 1. The fraction of sp³-hybridized carbons (Fsp3) is 0.583. The first-order valence-electron chi connectivity index (χ1n) is 11.3. The van der Waals surface area contributed by atoms with E-state index in [2.05, 4.69) is 15.9 Å². The second kappa shape index (κ2) is 9.84. The maximum absolute atomic E-state index is 14.6. The van der Waals surface area contributed by atoms with Gasteiger partial charge in [0.15, 0.2) is 5.78 Å². The van der Waals surface area contributed by atoms with Gasteiger partial charge >= 0.3 is 5.97 Å². The molecule has 3 aliphatic rings. The van der Waals surface area contributed by atoms with E-state index >= 15 is 0 Å². The number of hydrogen-bond acceptors (Lipinski definition) is 5. The van der Waals surface area contributed by atoms with E-state index in [1.165, 1.54) is 6.07 Å². The highest BCUT2D eigenvalue weighted by Crippen LogP contribution is 2.39. The van der Waals surface area contributed by atoms with Crippen LogP contribution in [0.4, 0.5) is 4.39 Å². The molecule has 2 heterocycles. The lowest BCUT2D eigenvalue weighted by Crippen LogP contribution is -2.43. The topological polar surface area (TPSA) is 60.9 Å². The fourth-order valence-corrected chi connectivity index (χ4v) is 5.24. The molecule has 1 N–H and O–H groups in total. The Balaban J connectivity index is 1.51. The summed E-state index contributed by atoms with van der Waals surface area (Å²) in [4.78, 5) is 28.6. The van der Waals surface area contributed by atoms with Gasteiger partial charge in [0.05, 0.1) is 12.5 Å². The molecule has 0 spiro atoms. The highest BCUT2D eigenvalue weighted by Gasteiger charge is 2.41. The number of nitrogens with zero attached hydrogens (tertiary/aromatic N) is 2. The first-order chi connectivity index (χ1) is 14.9. The molecule has 3 fully saturated rings. The van der Waals surface area contributed by atoms with E-state index in [-0.39, 0.29) is 35.2 Å². The van der Waals surface area contributed by atoms with Crippen LogP contribution < -0.4 is 0 Å². The minimum absolute atomic E-state index is 0.0483. The molecule has 168 valence electrons. The van der Waals surface area contributed by atoms with Gasteiger partial charge in [0.25, 0.3) is 0 Å². The van der Waals surface area contributed by atoms with Gasteiger partial charge in [-0.2, -0.15) is 12.6 Å². The zero-order valence-corrected chi connectivity index (χ0v) is 18.6. The third-order valence-electron chi connectivity index (χ3n) is 6.81. The minimum Gasteiger partial charge on any atom is -0.481 e. The van der Waals surface area contributed by atoms with E-state index in [0.29, 0.717) is 25.2 Å². The lowest BCUT2D eigenvalue weighted by molar-refractivity contribution is -0.138. The van der Waals surface area contributed by atoms with E-state index in [4.69, 9.17) is 17.7 Å². The standard InChI is InChI=1S/C24H31FN2O3S/c25-20-6-2-1-5-19(20)23(24(30)16-7-8-16)27-13-10-21(31)17(15-27)9-12-26-11-3-4-18(26)14-22(28)29/h1-2,5-6,9,16,18,21,23,31H,3-4,7-8,10-15H2,(H,28,29)/b17-9+/t18-,21?,23?/m0/s1. The summed E-state index contributed by atoms with van der Waals surface area (Å²) in [5.41, 5.74) is 1.61. The van der Waals surface area contributed by atoms with Crippen LogP contribution in [0.2, 0.25) is 0 Å². The molecule has 1 aromatic rings. The number of benzene rings is 1. The van der Waals surface area contributed by atoms with Crippen molar-refractivity contribution in [3.8, 4) is 0 Å². The van der Waals surface area contributed by atoms with Crippen molar-refractivity contribution in [1.82, 2.24) is 9.80 Å². The zero-order chi connectivity index (χ0) is 22.0. The second-order valence-electron chi connectivity index (χ2n) is 9.04. The van der Waals surface area contributed by atoms with Crippen molar-refractivity contribution in [2.75, 3.05) is 26.2 Å². The first kappa shape index (κ1) is 22.5. The van der Waals surface area contributed by atoms with Crippen molar-refractivity contribution in [3.05, 3.63) is 47.3 Å². The Kier molecular flexibility index (Phi) is 7.14. The van der Waals surface area contributed by atoms with Crippen LogP contribution in [0.25, 0.3) is 0 Å². The summed E-state index contributed by atoms with van der Waals surface area (Å²) < 4.78 is 14.6. The van der Waals surface area contributed by atoms with Crippen molar-refractivity contribution in [2.24, 2.45) is 5.92 Å². The number of thiol groups is 1. The van der Waals surface area contributed by atoms with Gasteiger partial charge in [0, 0.05) is 42.4 Å². The first-order valence-corrected chi connectivity index (χ1v) is 11.8. The van der Waals surface area contributed by atoms with Gasteiger partial charge in [-0.15, -0.1) is 0 Å². The number of carbonyl (C=O) groups excluding carboxylic acids is 1. The number of carbonyl (C=O) groups is 2. The number of ketones is 1. The molecule has 0 aromatic heterocycles. The molecule has 1 aliphatic carbocycles. The zero-order valence-electron chi connectivity index (χ0n) is 17.8. The smallest absolute Gasteiger partial charge is 0.304 e. The van der Waals surface area contributed by atoms with Crippen molar-refractivity contribution in [2.45, 2.75) is 55.9 Å². The van der Waals surface area contributed by atoms with E-state index in [1.807, 2.05) is 0 Å². The summed E-state index contributed by atoms with van der Waals surface area (Å²) in [5.74, 6) is -0.907. The summed E-state index contributed by atoms with van der Waals surface area (Å²) in [7, 11) is 0. The van der Waals surface area contributed by atoms with Gasteiger partial charge < -0.3 is 5.11 Å². The summed E-state index contributed by atoms with van der Waals surface area (Å²) in [6.45, 7) is 2.89. The van der Waals surface area contributed by atoms with Gasteiger partial charge in [-0.25, -0.2) is 4.39 Å². The normalized spacial score (nSPS) is 27.5. The lowest BCUT2D eigenvalue weighted by atomic mass is 9.93. The maximum Gasteiger partial charge on any atom is 0.304 e. The van der Waals surface area contributed by atoms with Crippen molar-refractivity contribution < 1.29 is 19.1 Å². The van der Waals surface area contributed by atoms with Crippen molar-refractivity contribution >= 4 is 24.4 Å². The van der Waals surface area contributed by atoms with Crippen molar-refractivity contribution in [3.63, 3.8) is 0 Å². The number of halogens is 1. The molecule has 0 bridgehead atoms. The predicted octanol–water partition coefficient (Wildman–Crippen LogP) is 3.72. The maximum atomic E-state index is 14.6. The van der Waals surface area contributed by atoms with E-state index in [0.717, 1.165) is 44.2 Å². The minimum atomic E-state index is -0.758. The highest BCUT2D eigenvalue weighted by molar-refractivity contribution is 7.81. The van der Waals surface area contributed by atoms with Gasteiger partial charge in [-0.3, -0.25) is 19.4 Å². The van der Waals surface area contributed by atoms with Crippen LogP contribution in [-0.2, 0) is 9.59 Å². The summed E-state index contributed by atoms with van der Waals surface area (Å²) >= 11 is 4.77. The third-order valence-corrected chi connectivity index (χ3v) is 7.40. The fourth-order valence-electron chi connectivity index (χ4n) is 4.93. The molecule has 7 heteroatoms. The Morgan fingerprint density at radius 2 is 1.97 bits per heavy atom. The third kappa shape index (κ3) is 5.38. The van der Waals surface area contributed by atoms with E-state index < -0.39 is 12.0 Å². The van der Waals surface area contributed by atoms with Crippen LogP contribution >= 0.6 is 12.6 Å². The van der Waals surface area contributed by atoms with Gasteiger partial charge in [-0.1, -0.05) is 24.3 Å². The molecule has 0 radical (unpaired) electrons. The SMILES string of the molecule is O=C(O)C[C@@H]1CCCN1C/C=C1\CN(C(C(=O)C2CC2)c2ccccc2F)CCC1S. The largest absolute Gasteiger partial charge is 0.481 e. The molecule has 0 amide bonds. The van der Waals surface area contributed by atoms with Crippen LogP contribution in [-0.4, -0.2) is 64.1 Å². The highest BCUT2D eigenvalue weighted by atomic mass is 32.1. The number of carboxylic acids is 1. The summed E-state index contributed by atoms with van der Waals surface area (Å²) in [5, 5.41) is 9.26. The van der Waals surface area contributed by atoms with Crippen molar-refractivity contribution in [1.29, 1.82) is 0 Å². The molecular weight excluding hydrogens is 415 g/mol. The van der Waals surface area contributed by atoms with Crippen LogP contribution in [0, 0.1) is 11.7 Å². The Morgan fingerprint density at radius 1 is 1.19 bits per heavy atom. The summed E-state index contributed by atoms with van der Waals surface area (Å²) in [6, 6.07) is 6.15. The molecule has 2 unspecified atom stereocenters. The Bertz CT molecular complexity index is 857. The summed E-state index contributed by atoms with van der Waals surface area (Å²) in [6.07, 6.45) is 6.86. The van der Waals surface area contributed by atoms with Crippen LogP contribution in [0.15, 0.2) is 35.9 Å². The lowest BCUT2D eigenvalue weighted by Gasteiger charge is -2.38. The van der Waals surface area contributed by atoms with E-state index in [1.54, 1.807) is 18.2 Å². The van der Waals surface area contributed by atoms with E-state index in [9.17, 15) is 14.0 Å². The number of carboxylic acid groups (broad SMARTS) is 1. The number of hydrogen-bond donors (Lipinski definition) is 2. The molecule has 2 aliphatic heterocycles. The van der Waals surface area contributed by atoms with Crippen LogP contribution in [0.1, 0.15) is 50.1 Å². The monoisotopic (exact) mass is 446 g/mol. The molecule has 1 saturated carbocycles. The van der Waals surface area contributed by atoms with Gasteiger partial charge in [0.2, 0.25) is 0 Å². The number of likely N-dealkylation sites (tertiary alicyclic amines) is 2. The van der Waals surface area contributed by atoms with Gasteiger partial charge in [0.1, 0.15) is 5.82 Å². The Hall–Kier alpha value is -1.70. The molecule has 5 nitrogen and oxygen atoms in total. The molecule has 2 saturated heterocycles. The molecular formula is C24H31FN2O3S. The quantitative estimate of drug-likeness (QED) is 0.471. The Labute approximate surface area is 188 Å². The predicted molar refractivity (Wildman–Crippen MR) is 121 cm³/mol. The van der Waals surface area contributed by atoms with Gasteiger partial charge in [-0.05, 0) is 50.3 Å². The molecule has 4 rings (SSSR count). The molecule has 31 heavy (non-hydrogen) atoms. The Morgan fingerprint density at radius 3 is 2.68 bits per heavy atom. The molecule has 3 atom stereocenters. The average molecular weight is 447 g/mol.